The van der Waals surface area contributed by atoms with E-state index in [1.165, 1.54) is 6.07 Å². The van der Waals surface area contributed by atoms with Crippen LogP contribution in [0.4, 0.5) is 5.69 Å². The molecule has 1 aliphatic heterocycles. The molecule has 0 saturated carbocycles. The summed E-state index contributed by atoms with van der Waals surface area (Å²) in [6.07, 6.45) is -0.695. The lowest BCUT2D eigenvalue weighted by Crippen LogP contribution is -2.38. The second-order valence-electron chi connectivity index (χ2n) is 5.43. The first-order valence-corrected chi connectivity index (χ1v) is 10.2. The summed E-state index contributed by atoms with van der Waals surface area (Å²) in [7, 11) is -8.08. The van der Waals surface area contributed by atoms with Crippen LogP contribution in [0.5, 0.6) is 0 Å². The number of aryl methyl sites for hydroxylation is 1. The summed E-state index contributed by atoms with van der Waals surface area (Å²) in [6, 6.07) is 9.50. The largest absolute Gasteiger partial charge is 0.364 e. The van der Waals surface area contributed by atoms with E-state index in [9.17, 15) is 16.8 Å². The van der Waals surface area contributed by atoms with Crippen LogP contribution in [0.15, 0.2) is 46.2 Å². The van der Waals surface area contributed by atoms with Crippen LogP contribution in [0.2, 0.25) is 5.02 Å². The molecular formula is C14H14ClN3O4S2. The molecule has 128 valence electrons. The molecule has 10 heteroatoms. The molecule has 1 heterocycles. The Bertz CT molecular complexity index is 1020. The lowest BCUT2D eigenvalue weighted by molar-refractivity contribution is 0.562. The lowest BCUT2D eigenvalue weighted by atomic mass is 10.1. The molecule has 1 atom stereocenters. The third kappa shape index (κ3) is 3.13. The SMILES string of the molecule is Cc1ccc([C@@H]2Nc3cc(Cl)c(S(N)(=O)=O)cc3S(=O)(=O)N2)cc1. The maximum atomic E-state index is 12.5. The number of anilines is 1. The topological polar surface area (TPSA) is 118 Å². The first-order valence-electron chi connectivity index (χ1n) is 6.80. The number of nitrogens with one attached hydrogen (secondary N) is 2. The summed E-state index contributed by atoms with van der Waals surface area (Å²) in [4.78, 5) is -0.664. The second-order valence-corrected chi connectivity index (χ2v) is 9.05. The molecule has 2 aromatic carbocycles. The Balaban J connectivity index is 2.12. The van der Waals surface area contributed by atoms with Crippen LogP contribution in [0.1, 0.15) is 17.3 Å². The van der Waals surface area contributed by atoms with E-state index in [1.807, 2.05) is 19.1 Å². The van der Waals surface area contributed by atoms with Crippen LogP contribution >= 0.6 is 11.6 Å². The minimum Gasteiger partial charge on any atom is -0.364 e. The Morgan fingerprint density at radius 3 is 2.38 bits per heavy atom. The molecule has 0 amide bonds. The molecule has 0 radical (unpaired) electrons. The van der Waals surface area contributed by atoms with Crippen molar-refractivity contribution in [1.82, 2.24) is 4.72 Å². The van der Waals surface area contributed by atoms with Crippen molar-refractivity contribution < 1.29 is 16.8 Å². The van der Waals surface area contributed by atoms with Crippen molar-refractivity contribution in [1.29, 1.82) is 0 Å². The minimum absolute atomic E-state index is 0.150. The smallest absolute Gasteiger partial charge is 0.244 e. The second kappa shape index (κ2) is 5.71. The summed E-state index contributed by atoms with van der Waals surface area (Å²) in [5.41, 5.74) is 1.96. The molecule has 0 aliphatic carbocycles. The van der Waals surface area contributed by atoms with Gasteiger partial charge in [-0.15, -0.1) is 0 Å². The van der Waals surface area contributed by atoms with Crippen LogP contribution in [0.3, 0.4) is 0 Å². The fourth-order valence-electron chi connectivity index (χ4n) is 2.40. The Labute approximate surface area is 144 Å². The highest BCUT2D eigenvalue weighted by molar-refractivity contribution is 7.90. The van der Waals surface area contributed by atoms with Gasteiger partial charge in [-0.25, -0.2) is 22.0 Å². The monoisotopic (exact) mass is 387 g/mol. The van der Waals surface area contributed by atoms with Crippen molar-refractivity contribution in [2.75, 3.05) is 5.32 Å². The third-order valence-corrected chi connectivity index (χ3v) is 6.45. The molecule has 7 nitrogen and oxygen atoms in total. The van der Waals surface area contributed by atoms with Crippen molar-refractivity contribution in [2.24, 2.45) is 5.14 Å². The number of nitrogens with two attached hydrogens (primary N) is 1. The number of halogens is 1. The molecular weight excluding hydrogens is 374 g/mol. The van der Waals surface area contributed by atoms with Crippen LogP contribution in [-0.4, -0.2) is 16.8 Å². The summed E-state index contributed by atoms with van der Waals surface area (Å²) in [5.74, 6) is 0. The quantitative estimate of drug-likeness (QED) is 0.724. The number of primary sulfonamides is 1. The third-order valence-electron chi connectivity index (χ3n) is 3.61. The molecule has 0 unspecified atom stereocenters. The van der Waals surface area contributed by atoms with E-state index < -0.39 is 31.1 Å². The van der Waals surface area contributed by atoms with Crippen LogP contribution in [-0.2, 0) is 20.0 Å². The Morgan fingerprint density at radius 2 is 1.79 bits per heavy atom. The molecule has 4 N–H and O–H groups in total. The van der Waals surface area contributed by atoms with Crippen molar-refractivity contribution >= 4 is 37.3 Å². The van der Waals surface area contributed by atoms with Gasteiger partial charge in [-0.1, -0.05) is 41.4 Å². The molecule has 2 aromatic rings. The van der Waals surface area contributed by atoms with Gasteiger partial charge in [0.05, 0.1) is 10.7 Å². The van der Waals surface area contributed by atoms with Gasteiger partial charge in [0.25, 0.3) is 0 Å². The van der Waals surface area contributed by atoms with E-state index >= 15 is 0 Å². The molecule has 1 aliphatic rings. The van der Waals surface area contributed by atoms with Crippen molar-refractivity contribution in [3.8, 4) is 0 Å². The van der Waals surface area contributed by atoms with E-state index in [1.54, 1.807) is 12.1 Å². The number of hydrogen-bond donors (Lipinski definition) is 3. The molecule has 3 rings (SSSR count). The normalized spacial score (nSPS) is 19.4. The van der Waals surface area contributed by atoms with E-state index in [2.05, 4.69) is 10.0 Å². The highest BCUT2D eigenvalue weighted by atomic mass is 35.5. The van der Waals surface area contributed by atoms with Gasteiger partial charge in [0.2, 0.25) is 20.0 Å². The van der Waals surface area contributed by atoms with Crippen LogP contribution in [0.25, 0.3) is 0 Å². The highest BCUT2D eigenvalue weighted by Gasteiger charge is 2.32. The van der Waals surface area contributed by atoms with Crippen LogP contribution < -0.4 is 15.2 Å². The van der Waals surface area contributed by atoms with E-state index in [0.29, 0.717) is 5.56 Å². The fourth-order valence-corrected chi connectivity index (χ4v) is 4.89. The number of hydrogen-bond acceptors (Lipinski definition) is 5. The predicted molar refractivity (Wildman–Crippen MR) is 90.7 cm³/mol. The summed E-state index contributed by atoms with van der Waals surface area (Å²) in [5, 5.41) is 7.91. The summed E-state index contributed by atoms with van der Waals surface area (Å²) >= 11 is 5.94. The van der Waals surface area contributed by atoms with E-state index in [0.717, 1.165) is 11.6 Å². The maximum Gasteiger partial charge on any atom is 0.244 e. The van der Waals surface area contributed by atoms with Gasteiger partial charge in [0.1, 0.15) is 16.0 Å². The van der Waals surface area contributed by atoms with Gasteiger partial charge < -0.3 is 5.32 Å². The average molecular weight is 388 g/mol. The summed E-state index contributed by atoms with van der Waals surface area (Å²) in [6.45, 7) is 1.92. The predicted octanol–water partition coefficient (Wildman–Crippen LogP) is 1.70. The molecule has 0 aromatic heterocycles. The maximum absolute atomic E-state index is 12.5. The zero-order valence-electron chi connectivity index (χ0n) is 12.4. The number of fused-ring (bicyclic) bond motifs is 1. The zero-order valence-corrected chi connectivity index (χ0v) is 14.8. The summed E-state index contributed by atoms with van der Waals surface area (Å²) < 4.78 is 50.5. The number of rotatable bonds is 2. The molecule has 0 spiro atoms. The Morgan fingerprint density at radius 1 is 1.17 bits per heavy atom. The van der Waals surface area contributed by atoms with E-state index in [-0.39, 0.29) is 15.6 Å². The zero-order chi connectivity index (χ0) is 17.7. The molecule has 24 heavy (non-hydrogen) atoms. The lowest BCUT2D eigenvalue weighted by Gasteiger charge is -2.29. The van der Waals surface area contributed by atoms with Gasteiger partial charge in [-0.2, -0.15) is 4.72 Å². The highest BCUT2D eigenvalue weighted by Crippen LogP contribution is 2.36. The van der Waals surface area contributed by atoms with Crippen molar-refractivity contribution in [2.45, 2.75) is 22.9 Å². The number of sulfonamides is 2. The Hall–Kier alpha value is -1.65. The van der Waals surface area contributed by atoms with Gasteiger partial charge in [0.15, 0.2) is 0 Å². The first kappa shape index (κ1) is 17.2. The van der Waals surface area contributed by atoms with Gasteiger partial charge >= 0.3 is 0 Å². The van der Waals surface area contributed by atoms with Gasteiger partial charge in [0, 0.05) is 0 Å². The first-order chi connectivity index (χ1) is 11.1. The average Bonchev–Trinajstić information content (AvgIpc) is 2.45. The number of benzene rings is 2. The van der Waals surface area contributed by atoms with Crippen molar-refractivity contribution in [3.63, 3.8) is 0 Å². The molecule has 0 fully saturated rings. The molecule has 0 bridgehead atoms. The van der Waals surface area contributed by atoms with Crippen molar-refractivity contribution in [3.05, 3.63) is 52.5 Å². The standard InChI is InChI=1S/C14H14ClN3O4S2/c1-8-2-4-9(5-3-8)14-17-11-6-10(15)12(23(16,19)20)7-13(11)24(21,22)18-14/h2-7,14,17-18H,1H3,(H2,16,19,20)/t14-/m1/s1. The Kier molecular flexibility index (Phi) is 4.09. The molecule has 0 saturated heterocycles. The fraction of sp³-hybridized carbons (Fsp3) is 0.143. The van der Waals surface area contributed by atoms with Crippen LogP contribution in [0, 0.1) is 6.92 Å². The van der Waals surface area contributed by atoms with Gasteiger partial charge in [-0.3, -0.25) is 0 Å². The minimum atomic E-state index is -4.14. The van der Waals surface area contributed by atoms with Gasteiger partial charge in [-0.05, 0) is 24.6 Å². The van der Waals surface area contributed by atoms with E-state index in [4.69, 9.17) is 16.7 Å².